The van der Waals surface area contributed by atoms with Gasteiger partial charge in [0.25, 0.3) is 0 Å². The van der Waals surface area contributed by atoms with Crippen molar-refractivity contribution >= 4 is 21.8 Å². The molecule has 0 radical (unpaired) electrons. The number of morpholine rings is 1. The number of alkyl halides is 1. The van der Waals surface area contributed by atoms with Gasteiger partial charge in [0.05, 0.1) is 24.1 Å². The lowest BCUT2D eigenvalue weighted by Gasteiger charge is -2.34. The second-order valence-electron chi connectivity index (χ2n) is 3.33. The Morgan fingerprint density at radius 1 is 1.77 bits per heavy atom. The minimum absolute atomic E-state index is 0.0342. The quantitative estimate of drug-likeness (QED) is 0.693. The van der Waals surface area contributed by atoms with Gasteiger partial charge in [-0.15, -0.1) is 0 Å². The first-order valence-corrected chi connectivity index (χ1v) is 5.60. The second kappa shape index (κ2) is 4.96. The number of carbonyl (C=O) groups is 1. The van der Waals surface area contributed by atoms with Crippen LogP contribution >= 0.6 is 15.9 Å². The van der Waals surface area contributed by atoms with E-state index in [0.29, 0.717) is 13.2 Å². The number of hydrogen-bond donors (Lipinski definition) is 0. The minimum Gasteiger partial charge on any atom is -0.377 e. The van der Waals surface area contributed by atoms with Gasteiger partial charge in [0.2, 0.25) is 5.91 Å². The average Bonchev–Trinajstić information content (AvgIpc) is 2.16. The van der Waals surface area contributed by atoms with Crippen LogP contribution in [0.25, 0.3) is 0 Å². The van der Waals surface area contributed by atoms with Gasteiger partial charge in [-0.25, -0.2) is 0 Å². The third-order valence-electron chi connectivity index (χ3n) is 2.28. The molecule has 0 N–H and O–H groups in total. The smallest absolute Gasteiger partial charge is 0.236 e. The Morgan fingerprint density at radius 3 is 3.00 bits per heavy atom. The molecule has 0 aromatic rings. The molecule has 0 aliphatic carbocycles. The molecule has 2 unspecified atom stereocenters. The van der Waals surface area contributed by atoms with Crippen LogP contribution in [0.1, 0.15) is 20.3 Å². The summed E-state index contributed by atoms with van der Waals surface area (Å²) in [6, 6.07) is 0.216. The molecule has 1 aliphatic heterocycles. The highest BCUT2D eigenvalue weighted by atomic mass is 79.9. The fourth-order valence-corrected chi connectivity index (χ4v) is 1.67. The van der Waals surface area contributed by atoms with Crippen LogP contribution in [0, 0.1) is 0 Å². The van der Waals surface area contributed by atoms with E-state index in [1.54, 1.807) is 0 Å². The topological polar surface area (TPSA) is 29.5 Å². The maximum atomic E-state index is 11.8. The molecule has 1 saturated heterocycles. The first-order chi connectivity index (χ1) is 6.16. The molecule has 13 heavy (non-hydrogen) atoms. The van der Waals surface area contributed by atoms with E-state index in [0.717, 1.165) is 13.0 Å². The van der Waals surface area contributed by atoms with Gasteiger partial charge in [0.15, 0.2) is 0 Å². The highest BCUT2D eigenvalue weighted by molar-refractivity contribution is 9.10. The van der Waals surface area contributed by atoms with Crippen molar-refractivity contribution in [2.24, 2.45) is 0 Å². The number of nitrogens with zero attached hydrogens (tertiary/aromatic N) is 1. The van der Waals surface area contributed by atoms with Gasteiger partial charge in [0.1, 0.15) is 0 Å². The van der Waals surface area contributed by atoms with Crippen molar-refractivity contribution < 1.29 is 9.53 Å². The number of halogens is 1. The molecule has 1 rings (SSSR count). The van der Waals surface area contributed by atoms with Crippen LogP contribution in [0.3, 0.4) is 0 Å². The number of carbonyl (C=O) groups excluding carboxylic acids is 1. The zero-order valence-corrected chi connectivity index (χ0v) is 9.71. The molecule has 3 nitrogen and oxygen atoms in total. The minimum atomic E-state index is -0.0342. The number of ether oxygens (including phenoxy) is 1. The van der Waals surface area contributed by atoms with Gasteiger partial charge in [-0.3, -0.25) is 4.79 Å². The van der Waals surface area contributed by atoms with Crippen LogP contribution in [0.2, 0.25) is 0 Å². The van der Waals surface area contributed by atoms with Crippen molar-refractivity contribution in [3.8, 4) is 0 Å². The van der Waals surface area contributed by atoms with Crippen LogP contribution in [0.4, 0.5) is 0 Å². The van der Waals surface area contributed by atoms with Gasteiger partial charge < -0.3 is 9.64 Å². The summed E-state index contributed by atoms with van der Waals surface area (Å²) < 4.78 is 5.27. The molecule has 0 aromatic heterocycles. The standard InChI is InChI=1S/C9H16BrNO2/c1-3-8(10)9(12)11-4-5-13-6-7(11)2/h7-8H,3-6H2,1-2H3. The first kappa shape index (κ1) is 11.0. The van der Waals surface area contributed by atoms with E-state index >= 15 is 0 Å². The first-order valence-electron chi connectivity index (χ1n) is 4.69. The fourth-order valence-electron chi connectivity index (χ4n) is 1.41. The van der Waals surface area contributed by atoms with Crippen LogP contribution in [0.15, 0.2) is 0 Å². The van der Waals surface area contributed by atoms with Crippen molar-refractivity contribution in [3.63, 3.8) is 0 Å². The Bertz CT molecular complexity index is 186. The highest BCUT2D eigenvalue weighted by Crippen LogP contribution is 2.14. The summed E-state index contributed by atoms with van der Waals surface area (Å²) in [6.45, 7) is 6.08. The molecule has 0 aromatic carbocycles. The summed E-state index contributed by atoms with van der Waals surface area (Å²) in [7, 11) is 0. The Balaban J connectivity index is 2.53. The van der Waals surface area contributed by atoms with E-state index in [4.69, 9.17) is 4.74 Å². The van der Waals surface area contributed by atoms with Gasteiger partial charge in [-0.2, -0.15) is 0 Å². The van der Waals surface area contributed by atoms with E-state index in [1.807, 2.05) is 18.7 Å². The second-order valence-corrected chi connectivity index (χ2v) is 4.44. The fraction of sp³-hybridized carbons (Fsp3) is 0.889. The predicted octanol–water partition coefficient (Wildman–Crippen LogP) is 1.41. The van der Waals surface area contributed by atoms with Crippen molar-refractivity contribution in [1.82, 2.24) is 4.90 Å². The molecule has 1 amide bonds. The lowest BCUT2D eigenvalue weighted by molar-refractivity contribution is -0.138. The van der Waals surface area contributed by atoms with E-state index < -0.39 is 0 Å². The Morgan fingerprint density at radius 2 is 2.46 bits per heavy atom. The lowest BCUT2D eigenvalue weighted by Crippen LogP contribution is -2.49. The molecule has 4 heteroatoms. The third-order valence-corrected chi connectivity index (χ3v) is 3.32. The van der Waals surface area contributed by atoms with Gasteiger partial charge in [-0.1, -0.05) is 22.9 Å². The SMILES string of the molecule is CCC(Br)C(=O)N1CCOCC1C. The summed E-state index contributed by atoms with van der Waals surface area (Å²) in [4.78, 5) is 13.6. The monoisotopic (exact) mass is 249 g/mol. The third kappa shape index (κ3) is 2.68. The van der Waals surface area contributed by atoms with Crippen molar-refractivity contribution in [1.29, 1.82) is 0 Å². The molecular formula is C9H16BrNO2. The molecule has 1 aliphatic rings. The Labute approximate surface area is 87.6 Å². The summed E-state index contributed by atoms with van der Waals surface area (Å²) >= 11 is 3.37. The molecule has 0 bridgehead atoms. The van der Waals surface area contributed by atoms with Gasteiger partial charge >= 0.3 is 0 Å². The number of amides is 1. The maximum Gasteiger partial charge on any atom is 0.236 e. The molecule has 1 fully saturated rings. The number of hydrogen-bond acceptors (Lipinski definition) is 2. The van der Waals surface area contributed by atoms with Gasteiger partial charge in [0, 0.05) is 6.54 Å². The van der Waals surface area contributed by atoms with Crippen molar-refractivity contribution in [2.45, 2.75) is 31.1 Å². The van der Waals surface area contributed by atoms with Crippen LogP contribution in [-0.4, -0.2) is 41.4 Å². The summed E-state index contributed by atoms with van der Waals surface area (Å²) in [6.07, 6.45) is 0.836. The van der Waals surface area contributed by atoms with Gasteiger partial charge in [-0.05, 0) is 13.3 Å². The molecular weight excluding hydrogens is 234 g/mol. The summed E-state index contributed by atoms with van der Waals surface area (Å²) in [5.41, 5.74) is 0. The molecule has 0 saturated carbocycles. The molecule has 0 spiro atoms. The molecule has 1 heterocycles. The van der Waals surface area contributed by atoms with E-state index in [9.17, 15) is 4.79 Å². The van der Waals surface area contributed by atoms with Crippen LogP contribution in [0.5, 0.6) is 0 Å². The van der Waals surface area contributed by atoms with E-state index in [1.165, 1.54) is 0 Å². The zero-order valence-electron chi connectivity index (χ0n) is 8.12. The maximum absolute atomic E-state index is 11.8. The van der Waals surface area contributed by atoms with Crippen LogP contribution < -0.4 is 0 Å². The largest absolute Gasteiger partial charge is 0.377 e. The van der Waals surface area contributed by atoms with E-state index in [-0.39, 0.29) is 16.8 Å². The number of rotatable bonds is 2. The van der Waals surface area contributed by atoms with Crippen molar-refractivity contribution in [2.75, 3.05) is 19.8 Å². The highest BCUT2D eigenvalue weighted by Gasteiger charge is 2.27. The zero-order chi connectivity index (χ0) is 9.84. The normalized spacial score (nSPS) is 25.8. The van der Waals surface area contributed by atoms with Crippen LogP contribution in [-0.2, 0) is 9.53 Å². The summed E-state index contributed by atoms with van der Waals surface area (Å²) in [5.74, 6) is 0.193. The Kier molecular flexibility index (Phi) is 4.19. The lowest BCUT2D eigenvalue weighted by atomic mass is 10.2. The van der Waals surface area contributed by atoms with E-state index in [2.05, 4.69) is 15.9 Å². The molecule has 76 valence electrons. The summed E-state index contributed by atoms with van der Waals surface area (Å²) in [5, 5.41) is 0. The predicted molar refractivity (Wildman–Crippen MR) is 55.0 cm³/mol. The van der Waals surface area contributed by atoms with Crippen molar-refractivity contribution in [3.05, 3.63) is 0 Å². The molecule has 2 atom stereocenters. The Hall–Kier alpha value is -0.0900. The average molecular weight is 250 g/mol.